The molecule has 4 aromatic rings. The lowest BCUT2D eigenvalue weighted by Crippen LogP contribution is -2.48. The molecule has 0 fully saturated rings. The van der Waals surface area contributed by atoms with Crippen LogP contribution in [0.1, 0.15) is 49.4 Å². The summed E-state index contributed by atoms with van der Waals surface area (Å²) >= 11 is 1.44. The molecule has 0 bridgehead atoms. The Bertz CT molecular complexity index is 1550. The first-order chi connectivity index (χ1) is 19.5. The minimum Gasteiger partial charge on any atom is -0.465 e. The van der Waals surface area contributed by atoms with Gasteiger partial charge in [-0.3, -0.25) is 0 Å². The van der Waals surface area contributed by atoms with Crippen LogP contribution in [-0.4, -0.2) is 35.5 Å². The first-order valence-corrected chi connectivity index (χ1v) is 17.1. The summed E-state index contributed by atoms with van der Waals surface area (Å²) in [6.07, 6.45) is -2.67. The topological polar surface area (TPSA) is 84.3 Å². The first kappa shape index (κ1) is 31.6. The van der Waals surface area contributed by atoms with Gasteiger partial charge in [0.15, 0.2) is 8.32 Å². The molecule has 0 spiro atoms. The van der Waals surface area contributed by atoms with Gasteiger partial charge in [-0.15, -0.1) is 11.3 Å². The monoisotopic (exact) mass is 619 g/mol. The number of rotatable bonds is 9. The molecule has 0 saturated carbocycles. The molecule has 2 atom stereocenters. The summed E-state index contributed by atoms with van der Waals surface area (Å²) < 4.78 is 60.1. The molecule has 2 unspecified atom stereocenters. The smallest absolute Gasteiger partial charge is 0.416 e. The van der Waals surface area contributed by atoms with Gasteiger partial charge >= 0.3 is 12.3 Å². The normalized spacial score (nSPS) is 14.1. The lowest BCUT2D eigenvalue weighted by molar-refractivity contribution is -0.137. The Morgan fingerprint density at radius 3 is 2.33 bits per heavy atom. The van der Waals surface area contributed by atoms with Crippen molar-refractivity contribution in [1.29, 1.82) is 0 Å². The molecule has 0 radical (unpaired) electrons. The van der Waals surface area contributed by atoms with Crippen LogP contribution < -0.4 is 5.32 Å². The van der Waals surface area contributed by atoms with Gasteiger partial charge in [0, 0.05) is 30.3 Å². The molecule has 6 nitrogen and oxygen atoms in total. The van der Waals surface area contributed by atoms with Gasteiger partial charge in [-0.25, -0.2) is 14.8 Å². The van der Waals surface area contributed by atoms with Gasteiger partial charge in [0.1, 0.15) is 0 Å². The second-order valence-corrected chi connectivity index (χ2v) is 17.6. The van der Waals surface area contributed by atoms with Crippen molar-refractivity contribution in [2.45, 2.75) is 70.1 Å². The Labute approximate surface area is 246 Å². The van der Waals surface area contributed by atoms with Crippen LogP contribution in [0.3, 0.4) is 0 Å². The van der Waals surface area contributed by atoms with Crippen LogP contribution in [-0.2, 0) is 17.0 Å². The van der Waals surface area contributed by atoms with Crippen molar-refractivity contribution < 1.29 is 31.9 Å². The average Bonchev–Trinajstić information content (AvgIpc) is 3.37. The second kappa shape index (κ2) is 12.1. The van der Waals surface area contributed by atoms with E-state index >= 15 is 0 Å². The summed E-state index contributed by atoms with van der Waals surface area (Å²) in [6, 6.07) is 10.9. The van der Waals surface area contributed by atoms with Gasteiger partial charge in [0.25, 0.3) is 0 Å². The van der Waals surface area contributed by atoms with Gasteiger partial charge in [0.05, 0.1) is 27.6 Å². The maximum atomic E-state index is 13.6. The molecule has 0 aliphatic heterocycles. The number of hydrogen-bond acceptors (Lipinski definition) is 5. The Kier molecular flexibility index (Phi) is 9.10. The summed E-state index contributed by atoms with van der Waals surface area (Å²) in [5.41, 5.74) is 0.535. The van der Waals surface area contributed by atoms with Gasteiger partial charge in [-0.05, 0) is 59.3 Å². The standard InChI is InChI=1S/C30H33F4N3O3SSi/c1-29(2,3)42(4,5)40-27(18-8-10-22(11-9-18)30(32,33)34)23(37-28(38)39)12-13-26-36-17-24(41-26)19-6-7-20-16-35-25(31)15-21(20)14-19/h6-11,14-17,23,27,37H,12-13H2,1-5H3,(H,38,39). The van der Waals surface area contributed by atoms with E-state index in [0.717, 1.165) is 33.0 Å². The van der Waals surface area contributed by atoms with Crippen LogP contribution in [0.4, 0.5) is 22.4 Å². The highest BCUT2D eigenvalue weighted by atomic mass is 32.1. The predicted octanol–water partition coefficient (Wildman–Crippen LogP) is 8.85. The highest BCUT2D eigenvalue weighted by Gasteiger charge is 2.42. The predicted molar refractivity (Wildman–Crippen MR) is 159 cm³/mol. The van der Waals surface area contributed by atoms with E-state index in [1.54, 1.807) is 6.20 Å². The highest BCUT2D eigenvalue weighted by Crippen LogP contribution is 2.42. The van der Waals surface area contributed by atoms with Crippen LogP contribution >= 0.6 is 11.3 Å². The maximum Gasteiger partial charge on any atom is 0.416 e. The lowest BCUT2D eigenvalue weighted by atomic mass is 9.97. The van der Waals surface area contributed by atoms with Crippen LogP contribution in [0.15, 0.2) is 60.9 Å². The van der Waals surface area contributed by atoms with Crippen LogP contribution in [0.25, 0.3) is 21.2 Å². The molecule has 0 aliphatic carbocycles. The average molecular weight is 620 g/mol. The fraction of sp³-hybridized carbons (Fsp3) is 0.367. The Balaban J connectivity index is 1.61. The number of hydrogen-bond donors (Lipinski definition) is 2. The Morgan fingerprint density at radius 2 is 1.71 bits per heavy atom. The molecule has 2 N–H and O–H groups in total. The molecule has 42 heavy (non-hydrogen) atoms. The summed E-state index contributed by atoms with van der Waals surface area (Å²) in [6.45, 7) is 10.1. The number of nitrogens with zero attached hydrogens (tertiary/aromatic N) is 2. The number of alkyl halides is 3. The van der Waals surface area contributed by atoms with Gasteiger partial charge in [-0.2, -0.15) is 17.6 Å². The van der Waals surface area contributed by atoms with Gasteiger partial charge < -0.3 is 14.8 Å². The van der Waals surface area contributed by atoms with E-state index < -0.39 is 44.2 Å². The summed E-state index contributed by atoms with van der Waals surface area (Å²) in [5.74, 6) is -0.566. The number of carbonyl (C=O) groups is 1. The summed E-state index contributed by atoms with van der Waals surface area (Å²) in [5, 5.41) is 14.3. The van der Waals surface area contributed by atoms with E-state index in [1.807, 2.05) is 52.1 Å². The van der Waals surface area contributed by atoms with Crippen molar-refractivity contribution in [2.75, 3.05) is 0 Å². The van der Waals surface area contributed by atoms with Gasteiger partial charge in [0.2, 0.25) is 5.95 Å². The van der Waals surface area contributed by atoms with Crippen molar-refractivity contribution in [3.63, 3.8) is 0 Å². The number of benzene rings is 2. The fourth-order valence-corrected chi connectivity index (χ4v) is 6.52. The quantitative estimate of drug-likeness (QED) is 0.111. The molecule has 0 aliphatic rings. The van der Waals surface area contributed by atoms with Crippen molar-refractivity contribution in [3.8, 4) is 10.4 Å². The number of aromatic nitrogens is 2. The lowest BCUT2D eigenvalue weighted by Gasteiger charge is -2.41. The number of halogens is 4. The van der Waals surface area contributed by atoms with Crippen molar-refractivity contribution in [2.24, 2.45) is 0 Å². The van der Waals surface area contributed by atoms with Crippen molar-refractivity contribution >= 4 is 36.5 Å². The molecule has 2 aromatic heterocycles. The second-order valence-electron chi connectivity index (χ2n) is 11.7. The fourth-order valence-electron chi connectivity index (χ4n) is 4.30. The maximum absolute atomic E-state index is 13.6. The highest BCUT2D eigenvalue weighted by molar-refractivity contribution is 7.15. The number of nitrogens with one attached hydrogen (secondary N) is 1. The number of pyridine rings is 1. The third kappa shape index (κ3) is 7.53. The molecule has 2 aromatic carbocycles. The molecule has 0 saturated heterocycles. The van der Waals surface area contributed by atoms with E-state index in [1.165, 1.54) is 35.7 Å². The van der Waals surface area contributed by atoms with Crippen LogP contribution in [0.5, 0.6) is 0 Å². The van der Waals surface area contributed by atoms with E-state index in [2.05, 4.69) is 15.3 Å². The van der Waals surface area contributed by atoms with E-state index in [4.69, 9.17) is 4.43 Å². The molecule has 224 valence electrons. The molecule has 1 amide bonds. The van der Waals surface area contributed by atoms with Gasteiger partial charge in [-0.1, -0.05) is 45.0 Å². The zero-order chi connectivity index (χ0) is 30.9. The largest absolute Gasteiger partial charge is 0.465 e. The van der Waals surface area contributed by atoms with Crippen LogP contribution in [0.2, 0.25) is 18.1 Å². The van der Waals surface area contributed by atoms with E-state index in [-0.39, 0.29) is 5.04 Å². The molecular weight excluding hydrogens is 586 g/mol. The summed E-state index contributed by atoms with van der Waals surface area (Å²) in [7, 11) is -2.49. The Hall–Kier alpha value is -3.35. The van der Waals surface area contributed by atoms with E-state index in [9.17, 15) is 27.5 Å². The van der Waals surface area contributed by atoms with Crippen LogP contribution in [0, 0.1) is 5.95 Å². The molecule has 12 heteroatoms. The number of amides is 1. The third-order valence-corrected chi connectivity index (χ3v) is 13.2. The number of carboxylic acid groups (broad SMARTS) is 1. The third-order valence-electron chi connectivity index (χ3n) is 7.66. The zero-order valence-corrected chi connectivity index (χ0v) is 25.7. The number of thiazole rings is 1. The van der Waals surface area contributed by atoms with E-state index in [0.29, 0.717) is 23.8 Å². The molecular formula is C30H33F4N3O3SSi. The zero-order valence-electron chi connectivity index (χ0n) is 23.9. The van der Waals surface area contributed by atoms with Crippen molar-refractivity contribution in [1.82, 2.24) is 15.3 Å². The van der Waals surface area contributed by atoms with Crippen molar-refractivity contribution in [3.05, 3.63) is 83.0 Å². The SMILES string of the molecule is CC(C)(C)[Si](C)(C)OC(c1ccc(C(F)(F)F)cc1)C(CCc1ncc(-c2ccc3cnc(F)cc3c2)s1)NC(=O)O. The number of fused-ring (bicyclic) bond motifs is 1. The minimum absolute atomic E-state index is 0.228. The molecule has 4 rings (SSSR count). The Morgan fingerprint density at radius 1 is 1.02 bits per heavy atom. The minimum atomic E-state index is -4.49. The molecule has 2 heterocycles. The first-order valence-electron chi connectivity index (χ1n) is 13.4. The summed E-state index contributed by atoms with van der Waals surface area (Å²) in [4.78, 5) is 20.9. The number of aryl methyl sites for hydroxylation is 1.